The second kappa shape index (κ2) is 19.6. The second-order valence-electron chi connectivity index (χ2n) is 19.6. The van der Waals surface area contributed by atoms with Gasteiger partial charge in [-0.3, -0.25) is 9.59 Å². The van der Waals surface area contributed by atoms with E-state index in [1.807, 2.05) is 49.9 Å². The number of hydrogen-bond acceptors (Lipinski definition) is 8. The van der Waals surface area contributed by atoms with Crippen LogP contribution in [0.1, 0.15) is 134 Å². The average Bonchev–Trinajstić information content (AvgIpc) is 4.13. The fourth-order valence-electron chi connectivity index (χ4n) is 10.5. The van der Waals surface area contributed by atoms with E-state index in [1.54, 1.807) is 0 Å². The van der Waals surface area contributed by atoms with Gasteiger partial charge in [-0.1, -0.05) is 97.4 Å². The van der Waals surface area contributed by atoms with Crippen molar-refractivity contribution in [2.24, 2.45) is 29.1 Å². The summed E-state index contributed by atoms with van der Waals surface area (Å²) in [4.78, 5) is 72.7. The van der Waals surface area contributed by atoms with Crippen LogP contribution in [0.15, 0.2) is 61.0 Å². The van der Waals surface area contributed by atoms with Crippen LogP contribution in [-0.4, -0.2) is 93.1 Å². The topological polar surface area (TPSA) is 175 Å². The lowest BCUT2D eigenvalue weighted by molar-refractivity contribution is -0.136. The zero-order chi connectivity index (χ0) is 45.9. The number of H-pyrrole nitrogens is 2. The number of carbonyl (C=O) groups excluding carboxylic acids is 4. The number of amides is 4. The van der Waals surface area contributed by atoms with Gasteiger partial charge in [0.1, 0.15) is 23.7 Å². The van der Waals surface area contributed by atoms with Gasteiger partial charge in [0.25, 0.3) is 0 Å². The maximum absolute atomic E-state index is 14.0. The first-order valence-corrected chi connectivity index (χ1v) is 23.2. The van der Waals surface area contributed by atoms with E-state index in [2.05, 4.69) is 77.4 Å². The first kappa shape index (κ1) is 46.3. The van der Waals surface area contributed by atoms with E-state index in [9.17, 15) is 19.2 Å². The molecule has 3 fully saturated rings. The van der Waals surface area contributed by atoms with Gasteiger partial charge in [-0.2, -0.15) is 0 Å². The van der Waals surface area contributed by atoms with Crippen molar-refractivity contribution in [1.29, 1.82) is 0 Å². The monoisotopic (exact) mass is 877 g/mol. The average molecular weight is 877 g/mol. The fourth-order valence-corrected chi connectivity index (χ4v) is 10.5. The molecule has 4 heterocycles. The van der Waals surface area contributed by atoms with E-state index in [4.69, 9.17) is 19.4 Å². The summed E-state index contributed by atoms with van der Waals surface area (Å²) in [6, 6.07) is 6.72. The number of aromatic amines is 2. The minimum Gasteiger partial charge on any atom is -0.453 e. The molecule has 14 nitrogen and oxygen atoms in total. The van der Waals surface area contributed by atoms with Crippen LogP contribution in [0.3, 0.4) is 0 Å². The maximum atomic E-state index is 14.0. The van der Waals surface area contributed by atoms with Crippen molar-refractivity contribution in [3.63, 3.8) is 0 Å². The number of nitrogens with one attached hydrogen (secondary N) is 4. The van der Waals surface area contributed by atoms with Gasteiger partial charge in [0, 0.05) is 18.7 Å². The molecule has 344 valence electrons. The maximum Gasteiger partial charge on any atom is 0.407 e. The van der Waals surface area contributed by atoms with Crippen molar-refractivity contribution < 1.29 is 28.7 Å². The molecule has 64 heavy (non-hydrogen) atoms. The Hall–Kier alpha value is -5.66. The number of aromatic nitrogens is 4. The predicted octanol–water partition coefficient (Wildman–Crippen LogP) is 9.15. The molecule has 1 spiro atoms. The summed E-state index contributed by atoms with van der Waals surface area (Å²) in [5.41, 5.74) is 7.45. The Labute approximate surface area is 378 Å². The number of rotatable bonds is 11. The lowest BCUT2D eigenvalue weighted by Crippen LogP contribution is -2.51. The molecule has 3 aromatic rings. The number of allylic oxidation sites excluding steroid dienone is 5. The van der Waals surface area contributed by atoms with E-state index in [0.717, 1.165) is 77.4 Å². The standard InChI is InChI=1S/C50H68N8O6/c1-29(2)42(55-48(61)63-8)46(59)57-27-31(5)22-40(57)44-51-25-38(53-44)36-14-12-34(13-15-36)35-16-17-37(33(7)24-50(21-18-35)19-10-11-20-50)39-26-52-45(54-39)41-23-32(6)28-58(41)47(60)43(30(3)4)56-49(62)64-9/h12-17,25-26,29-32,40-43H,7,10-11,18-24,27-28H2,1-6,8-9H3,(H,51,53)(H,52,54)(H,55,61)(H,56,62)/b35-16+,37-17?/t31-,32-,40-,41-,42-,43-/m0/s1. The number of nitrogens with zero attached hydrogens (tertiary/aromatic N) is 4. The molecule has 4 N–H and O–H groups in total. The molecule has 0 radical (unpaired) electrons. The SMILES string of the molecule is C=C1CC2(CCCC2)CC/C(c2ccc(-c3cnc([C@@H]4C[C@H](C)CN4C(=O)[C@@H](NC(=O)OC)C(C)C)[nH]3)cc2)=C\C=C1c1cnc([C@@H]2C[C@H](C)CN2C(=O)[C@@H](NC(=O)OC)C(C)C)[nH]1. The predicted molar refractivity (Wildman–Crippen MR) is 247 cm³/mol. The zero-order valence-corrected chi connectivity index (χ0v) is 39.0. The summed E-state index contributed by atoms with van der Waals surface area (Å²) < 4.78 is 9.66. The number of benzene rings is 1. The lowest BCUT2D eigenvalue weighted by atomic mass is 9.74. The van der Waals surface area contributed by atoms with Crippen LogP contribution in [0.4, 0.5) is 9.59 Å². The van der Waals surface area contributed by atoms with Crippen molar-refractivity contribution >= 4 is 35.1 Å². The van der Waals surface area contributed by atoms with Gasteiger partial charge in [-0.15, -0.1) is 0 Å². The number of imidazole rings is 2. The van der Waals surface area contributed by atoms with Gasteiger partial charge in [-0.25, -0.2) is 19.6 Å². The molecule has 4 amide bonds. The summed E-state index contributed by atoms with van der Waals surface area (Å²) in [6.07, 6.45) is 16.2. The number of likely N-dealkylation sites (tertiary alicyclic amines) is 2. The Kier molecular flexibility index (Phi) is 14.2. The second-order valence-corrected chi connectivity index (χ2v) is 19.6. The molecule has 2 saturated heterocycles. The molecule has 2 aliphatic carbocycles. The van der Waals surface area contributed by atoms with Gasteiger partial charge in [0.15, 0.2) is 0 Å². The van der Waals surface area contributed by atoms with Crippen LogP contribution in [0.5, 0.6) is 0 Å². The Morgan fingerprint density at radius 3 is 1.72 bits per heavy atom. The van der Waals surface area contributed by atoms with Crippen LogP contribution < -0.4 is 10.6 Å². The summed E-state index contributed by atoms with van der Waals surface area (Å²) in [7, 11) is 2.61. The van der Waals surface area contributed by atoms with Gasteiger partial charge < -0.3 is 39.9 Å². The molecule has 14 heteroatoms. The molecule has 1 aromatic carbocycles. The highest BCUT2D eigenvalue weighted by molar-refractivity contribution is 5.87. The molecule has 2 aromatic heterocycles. The largest absolute Gasteiger partial charge is 0.453 e. The highest BCUT2D eigenvalue weighted by Gasteiger charge is 2.42. The number of methoxy groups -OCH3 is 2. The summed E-state index contributed by atoms with van der Waals surface area (Å²) in [6.45, 7) is 17.8. The summed E-state index contributed by atoms with van der Waals surface area (Å²) >= 11 is 0. The highest BCUT2D eigenvalue weighted by Crippen LogP contribution is 2.50. The third-order valence-electron chi connectivity index (χ3n) is 14.1. The number of ether oxygens (including phenoxy) is 2. The van der Waals surface area contributed by atoms with Crippen molar-refractivity contribution in [1.82, 2.24) is 40.4 Å². The van der Waals surface area contributed by atoms with Crippen molar-refractivity contribution in [3.8, 4) is 11.3 Å². The van der Waals surface area contributed by atoms with E-state index < -0.39 is 24.3 Å². The van der Waals surface area contributed by atoms with Gasteiger partial charge in [0.2, 0.25) is 11.8 Å². The molecule has 0 bridgehead atoms. The Morgan fingerprint density at radius 2 is 1.22 bits per heavy atom. The van der Waals surface area contributed by atoms with Crippen LogP contribution in [0.2, 0.25) is 0 Å². The summed E-state index contributed by atoms with van der Waals surface area (Å²) in [5.74, 6) is 1.49. The van der Waals surface area contributed by atoms with Crippen LogP contribution in [-0.2, 0) is 19.1 Å². The van der Waals surface area contributed by atoms with Crippen LogP contribution in [0, 0.1) is 29.1 Å². The third-order valence-corrected chi connectivity index (χ3v) is 14.1. The molecule has 1 saturated carbocycles. The van der Waals surface area contributed by atoms with E-state index in [0.29, 0.717) is 13.1 Å². The Balaban J connectivity index is 1.13. The molecular formula is C50H68N8O6. The van der Waals surface area contributed by atoms with Gasteiger partial charge >= 0.3 is 12.2 Å². The summed E-state index contributed by atoms with van der Waals surface area (Å²) in [5, 5.41) is 5.49. The van der Waals surface area contributed by atoms with Gasteiger partial charge in [0.05, 0.1) is 50.1 Å². The number of alkyl carbamates (subject to hydrolysis) is 2. The third kappa shape index (κ3) is 10.0. The van der Waals surface area contributed by atoms with Gasteiger partial charge in [-0.05, 0) is 96.3 Å². The van der Waals surface area contributed by atoms with Crippen molar-refractivity contribution in [2.45, 2.75) is 123 Å². The Bertz CT molecular complexity index is 2250. The highest BCUT2D eigenvalue weighted by atomic mass is 16.5. The van der Waals surface area contributed by atoms with E-state index in [-0.39, 0.29) is 53.0 Å². The van der Waals surface area contributed by atoms with Crippen LogP contribution in [0.25, 0.3) is 22.4 Å². The van der Waals surface area contributed by atoms with Crippen LogP contribution >= 0.6 is 0 Å². The zero-order valence-electron chi connectivity index (χ0n) is 39.0. The Morgan fingerprint density at radius 1 is 0.734 bits per heavy atom. The first-order chi connectivity index (χ1) is 30.6. The van der Waals surface area contributed by atoms with E-state index in [1.165, 1.54) is 45.5 Å². The number of hydrogen-bond donors (Lipinski definition) is 4. The molecular weight excluding hydrogens is 809 g/mol. The number of carbonyl (C=O) groups is 4. The molecule has 2 aliphatic heterocycles. The molecule has 0 unspecified atom stereocenters. The fraction of sp³-hybridized carbons (Fsp3) is 0.560. The van der Waals surface area contributed by atoms with Crippen molar-refractivity contribution in [3.05, 3.63) is 83.9 Å². The minimum atomic E-state index is -0.713. The normalized spacial score (nSPS) is 24.1. The lowest BCUT2D eigenvalue weighted by Gasteiger charge is -2.30. The molecule has 4 aliphatic rings. The molecule has 7 rings (SSSR count). The molecule has 6 atom stereocenters. The quantitative estimate of drug-likeness (QED) is 0.148. The minimum absolute atomic E-state index is 0.118. The van der Waals surface area contributed by atoms with E-state index >= 15 is 0 Å². The van der Waals surface area contributed by atoms with Crippen molar-refractivity contribution in [2.75, 3.05) is 27.3 Å². The first-order valence-electron chi connectivity index (χ1n) is 23.2. The smallest absolute Gasteiger partial charge is 0.407 e.